The molecule has 0 aliphatic carbocycles. The SMILES string of the molecule is COc1ccc2sc(N(Cc3cccnc3)C(=O)CCc3ccccc3)nc2c1. The van der Waals surface area contributed by atoms with Crippen molar-refractivity contribution in [3.8, 4) is 5.75 Å². The average Bonchev–Trinajstić information content (AvgIpc) is 3.20. The standard InChI is InChI=1S/C23H21N3O2S/c1-28-19-10-11-21-20(14-19)25-23(29-21)26(16-18-8-5-13-24-15-18)22(27)12-9-17-6-3-2-4-7-17/h2-8,10-11,13-15H,9,12,16H2,1H3. The zero-order valence-corrected chi connectivity index (χ0v) is 16.9. The summed E-state index contributed by atoms with van der Waals surface area (Å²) in [5.74, 6) is 0.798. The number of carbonyl (C=O) groups is 1. The first-order valence-corrected chi connectivity index (χ1v) is 10.2. The molecule has 1 amide bonds. The number of nitrogens with zero attached hydrogens (tertiary/aromatic N) is 3. The molecule has 2 heterocycles. The molecule has 0 spiro atoms. The van der Waals surface area contributed by atoms with Gasteiger partial charge < -0.3 is 4.74 Å². The summed E-state index contributed by atoms with van der Waals surface area (Å²) in [6.07, 6.45) is 4.63. The minimum atomic E-state index is 0.0451. The van der Waals surface area contributed by atoms with Gasteiger partial charge >= 0.3 is 0 Å². The van der Waals surface area contributed by atoms with E-state index in [1.165, 1.54) is 11.3 Å². The Morgan fingerprint density at radius 3 is 2.66 bits per heavy atom. The third-order valence-electron chi connectivity index (χ3n) is 4.65. The van der Waals surface area contributed by atoms with Crippen LogP contribution in [0.2, 0.25) is 0 Å². The fraction of sp³-hybridized carbons (Fsp3) is 0.174. The number of anilines is 1. The topological polar surface area (TPSA) is 55.3 Å². The van der Waals surface area contributed by atoms with E-state index in [2.05, 4.69) is 4.98 Å². The van der Waals surface area contributed by atoms with Gasteiger partial charge in [0.2, 0.25) is 5.91 Å². The Bertz CT molecular complexity index is 1100. The highest BCUT2D eigenvalue weighted by Gasteiger charge is 2.20. The molecule has 6 heteroatoms. The van der Waals surface area contributed by atoms with Crippen molar-refractivity contribution in [2.45, 2.75) is 19.4 Å². The maximum absolute atomic E-state index is 13.2. The third kappa shape index (κ3) is 4.60. The van der Waals surface area contributed by atoms with Gasteiger partial charge in [0.15, 0.2) is 5.13 Å². The number of amides is 1. The van der Waals surface area contributed by atoms with E-state index >= 15 is 0 Å². The van der Waals surface area contributed by atoms with E-state index < -0.39 is 0 Å². The third-order valence-corrected chi connectivity index (χ3v) is 5.71. The predicted octanol–water partition coefficient (Wildman–Crippen LogP) is 4.87. The normalized spacial score (nSPS) is 10.8. The van der Waals surface area contributed by atoms with E-state index in [9.17, 15) is 4.79 Å². The molecule has 0 unspecified atom stereocenters. The summed E-state index contributed by atoms with van der Waals surface area (Å²) in [7, 11) is 1.64. The van der Waals surface area contributed by atoms with E-state index in [1.807, 2.05) is 60.7 Å². The molecule has 0 aliphatic rings. The molecule has 146 valence electrons. The van der Waals surface area contributed by atoms with Gasteiger partial charge in [-0.3, -0.25) is 14.7 Å². The van der Waals surface area contributed by atoms with E-state index in [4.69, 9.17) is 9.72 Å². The molecule has 2 aromatic carbocycles. The number of hydrogen-bond acceptors (Lipinski definition) is 5. The Labute approximate surface area is 173 Å². The molecule has 0 aliphatic heterocycles. The number of aryl methyl sites for hydroxylation is 1. The summed E-state index contributed by atoms with van der Waals surface area (Å²) < 4.78 is 6.32. The van der Waals surface area contributed by atoms with Crippen molar-refractivity contribution in [2.24, 2.45) is 0 Å². The predicted molar refractivity (Wildman–Crippen MR) is 116 cm³/mol. The van der Waals surface area contributed by atoms with Gasteiger partial charge in [-0.25, -0.2) is 4.98 Å². The Morgan fingerprint density at radius 1 is 1.07 bits per heavy atom. The molecule has 29 heavy (non-hydrogen) atoms. The lowest BCUT2D eigenvalue weighted by Crippen LogP contribution is -2.30. The van der Waals surface area contributed by atoms with Gasteiger partial charge in [0.1, 0.15) is 5.75 Å². The average molecular weight is 404 g/mol. The number of carbonyl (C=O) groups excluding carboxylic acids is 1. The zero-order chi connectivity index (χ0) is 20.1. The molecule has 5 nitrogen and oxygen atoms in total. The van der Waals surface area contributed by atoms with Crippen molar-refractivity contribution in [3.63, 3.8) is 0 Å². The minimum Gasteiger partial charge on any atom is -0.497 e. The van der Waals surface area contributed by atoms with Gasteiger partial charge in [0.25, 0.3) is 0 Å². The maximum Gasteiger partial charge on any atom is 0.229 e. The molecule has 0 fully saturated rings. The molecule has 4 aromatic rings. The number of hydrogen-bond donors (Lipinski definition) is 0. The van der Waals surface area contributed by atoms with Crippen molar-refractivity contribution in [1.82, 2.24) is 9.97 Å². The highest BCUT2D eigenvalue weighted by atomic mass is 32.1. The summed E-state index contributed by atoms with van der Waals surface area (Å²) in [5.41, 5.74) is 2.95. The van der Waals surface area contributed by atoms with Crippen LogP contribution in [0.4, 0.5) is 5.13 Å². The van der Waals surface area contributed by atoms with E-state index in [0.29, 0.717) is 24.5 Å². The fourth-order valence-electron chi connectivity index (χ4n) is 3.11. The summed E-state index contributed by atoms with van der Waals surface area (Å²) in [5, 5.41) is 0.690. The highest BCUT2D eigenvalue weighted by Crippen LogP contribution is 2.32. The van der Waals surface area contributed by atoms with Crippen LogP contribution in [0, 0.1) is 0 Å². The molecule has 2 aromatic heterocycles. The maximum atomic E-state index is 13.2. The summed E-state index contributed by atoms with van der Waals surface area (Å²) in [4.78, 5) is 23.8. The van der Waals surface area contributed by atoms with Gasteiger partial charge in [-0.05, 0) is 35.7 Å². The Hall–Kier alpha value is -3.25. The van der Waals surface area contributed by atoms with E-state index in [-0.39, 0.29) is 5.91 Å². The molecule has 0 radical (unpaired) electrons. The summed E-state index contributed by atoms with van der Waals surface area (Å²) >= 11 is 1.51. The zero-order valence-electron chi connectivity index (χ0n) is 16.1. The lowest BCUT2D eigenvalue weighted by atomic mass is 10.1. The van der Waals surface area contributed by atoms with Crippen molar-refractivity contribution in [2.75, 3.05) is 12.0 Å². The number of ether oxygens (including phenoxy) is 1. The van der Waals surface area contributed by atoms with Crippen LogP contribution in [0.15, 0.2) is 73.1 Å². The number of thiazole rings is 1. The second-order valence-corrected chi connectivity index (χ2v) is 7.67. The van der Waals surface area contributed by atoms with Crippen LogP contribution in [0.25, 0.3) is 10.2 Å². The molecular formula is C23H21N3O2S. The summed E-state index contributed by atoms with van der Waals surface area (Å²) in [6.45, 7) is 0.443. The number of aromatic nitrogens is 2. The molecule has 0 saturated heterocycles. The van der Waals surface area contributed by atoms with Crippen molar-refractivity contribution in [3.05, 3.63) is 84.2 Å². The molecule has 0 bridgehead atoms. The number of pyridine rings is 1. The minimum absolute atomic E-state index is 0.0451. The van der Waals surface area contributed by atoms with E-state index in [0.717, 1.165) is 27.1 Å². The second kappa shape index (κ2) is 8.84. The van der Waals surface area contributed by atoms with E-state index in [1.54, 1.807) is 24.4 Å². The summed E-state index contributed by atoms with van der Waals surface area (Å²) in [6, 6.07) is 19.7. The van der Waals surface area contributed by atoms with Crippen LogP contribution in [-0.4, -0.2) is 23.0 Å². The number of fused-ring (bicyclic) bond motifs is 1. The Kier molecular flexibility index (Phi) is 5.81. The van der Waals surface area contributed by atoms with Crippen LogP contribution in [-0.2, 0) is 17.8 Å². The first-order valence-electron chi connectivity index (χ1n) is 9.41. The lowest BCUT2D eigenvalue weighted by Gasteiger charge is -2.20. The van der Waals surface area contributed by atoms with Crippen LogP contribution in [0.1, 0.15) is 17.5 Å². The van der Waals surface area contributed by atoms with Gasteiger partial charge in [0.05, 0.1) is 23.9 Å². The van der Waals surface area contributed by atoms with Gasteiger partial charge in [0, 0.05) is 24.9 Å². The quantitative estimate of drug-likeness (QED) is 0.442. The molecule has 0 N–H and O–H groups in total. The number of rotatable bonds is 7. The smallest absolute Gasteiger partial charge is 0.229 e. The fourth-order valence-corrected chi connectivity index (χ4v) is 4.07. The molecule has 0 saturated carbocycles. The van der Waals surface area contributed by atoms with Crippen molar-refractivity contribution >= 4 is 32.6 Å². The Balaban J connectivity index is 1.61. The monoisotopic (exact) mass is 403 g/mol. The largest absolute Gasteiger partial charge is 0.497 e. The second-order valence-electron chi connectivity index (χ2n) is 6.66. The van der Waals surface area contributed by atoms with Crippen molar-refractivity contribution in [1.29, 1.82) is 0 Å². The molecular weight excluding hydrogens is 382 g/mol. The molecule has 0 atom stereocenters. The number of benzene rings is 2. The van der Waals surface area contributed by atoms with Crippen LogP contribution < -0.4 is 9.64 Å². The van der Waals surface area contributed by atoms with Crippen LogP contribution in [0.5, 0.6) is 5.75 Å². The van der Waals surface area contributed by atoms with Gasteiger partial charge in [-0.2, -0.15) is 0 Å². The van der Waals surface area contributed by atoms with Crippen LogP contribution >= 0.6 is 11.3 Å². The number of methoxy groups -OCH3 is 1. The first kappa shape index (κ1) is 19.1. The van der Waals surface area contributed by atoms with Gasteiger partial charge in [-0.15, -0.1) is 0 Å². The molecule has 4 rings (SSSR count). The highest BCUT2D eigenvalue weighted by molar-refractivity contribution is 7.22. The Morgan fingerprint density at radius 2 is 1.90 bits per heavy atom. The lowest BCUT2D eigenvalue weighted by molar-refractivity contribution is -0.118. The van der Waals surface area contributed by atoms with Crippen LogP contribution in [0.3, 0.4) is 0 Å². The van der Waals surface area contributed by atoms with Gasteiger partial charge in [-0.1, -0.05) is 47.7 Å². The van der Waals surface area contributed by atoms with Crippen molar-refractivity contribution < 1.29 is 9.53 Å². The first-order chi connectivity index (χ1) is 14.2.